The minimum atomic E-state index is 0.202. The van der Waals surface area contributed by atoms with E-state index in [1.54, 1.807) is 0 Å². The standard InChI is InChI=1S/C16H25NO4/c1-12(2)9-17-10-13-7-15-16(21-11-20-15)8-14(13)19-6-4-3-5-18/h7-8,12,17-18H,3-6,9-11H2,1-2H3. The molecule has 0 saturated heterocycles. The molecule has 1 aliphatic rings. The Morgan fingerprint density at radius 1 is 1.24 bits per heavy atom. The van der Waals surface area contributed by atoms with E-state index in [0.29, 0.717) is 12.5 Å². The van der Waals surface area contributed by atoms with Crippen LogP contribution in [0.3, 0.4) is 0 Å². The Morgan fingerprint density at radius 3 is 2.71 bits per heavy atom. The van der Waals surface area contributed by atoms with E-state index < -0.39 is 0 Å². The normalized spacial score (nSPS) is 13.0. The molecule has 118 valence electrons. The van der Waals surface area contributed by atoms with E-state index in [4.69, 9.17) is 19.3 Å². The minimum Gasteiger partial charge on any atom is -0.493 e. The predicted octanol–water partition coefficient (Wildman–Crippen LogP) is 2.31. The van der Waals surface area contributed by atoms with Crippen molar-refractivity contribution in [3.05, 3.63) is 17.7 Å². The lowest BCUT2D eigenvalue weighted by atomic mass is 10.1. The summed E-state index contributed by atoms with van der Waals surface area (Å²) in [6, 6.07) is 3.88. The molecule has 1 aromatic rings. The molecule has 0 saturated carbocycles. The third-order valence-electron chi connectivity index (χ3n) is 3.23. The Hall–Kier alpha value is -1.46. The van der Waals surface area contributed by atoms with Crippen LogP contribution in [0.25, 0.3) is 0 Å². The third-order valence-corrected chi connectivity index (χ3v) is 3.23. The highest BCUT2D eigenvalue weighted by Gasteiger charge is 2.18. The first-order valence-electron chi connectivity index (χ1n) is 7.57. The van der Waals surface area contributed by atoms with Gasteiger partial charge < -0.3 is 24.6 Å². The molecule has 0 bridgehead atoms. The number of benzene rings is 1. The molecule has 0 unspecified atom stereocenters. The lowest BCUT2D eigenvalue weighted by Crippen LogP contribution is -2.19. The quantitative estimate of drug-likeness (QED) is 0.685. The maximum Gasteiger partial charge on any atom is 0.231 e. The first-order chi connectivity index (χ1) is 10.2. The van der Waals surface area contributed by atoms with Gasteiger partial charge in [-0.2, -0.15) is 0 Å². The van der Waals surface area contributed by atoms with Crippen molar-refractivity contribution in [3.63, 3.8) is 0 Å². The van der Waals surface area contributed by atoms with E-state index in [1.165, 1.54) is 0 Å². The Kier molecular flexibility index (Phi) is 6.14. The zero-order chi connectivity index (χ0) is 15.1. The van der Waals surface area contributed by atoms with Gasteiger partial charge in [0.25, 0.3) is 0 Å². The fourth-order valence-corrected chi connectivity index (χ4v) is 2.13. The molecule has 0 aliphatic carbocycles. The summed E-state index contributed by atoms with van der Waals surface area (Å²) in [5, 5.41) is 12.2. The highest BCUT2D eigenvalue weighted by Crippen LogP contribution is 2.38. The van der Waals surface area contributed by atoms with Gasteiger partial charge in [-0.1, -0.05) is 13.8 Å². The Balaban J connectivity index is 2.00. The summed E-state index contributed by atoms with van der Waals surface area (Å²) in [6.07, 6.45) is 1.59. The monoisotopic (exact) mass is 295 g/mol. The number of nitrogens with one attached hydrogen (secondary N) is 1. The molecule has 5 heteroatoms. The first-order valence-corrected chi connectivity index (χ1v) is 7.57. The molecule has 2 rings (SSSR count). The van der Waals surface area contributed by atoms with Crippen molar-refractivity contribution in [2.24, 2.45) is 5.92 Å². The molecule has 21 heavy (non-hydrogen) atoms. The van der Waals surface area contributed by atoms with Crippen molar-refractivity contribution >= 4 is 0 Å². The van der Waals surface area contributed by atoms with Gasteiger partial charge in [-0.15, -0.1) is 0 Å². The zero-order valence-corrected chi connectivity index (χ0v) is 12.9. The third kappa shape index (κ3) is 4.79. The molecule has 0 radical (unpaired) electrons. The van der Waals surface area contributed by atoms with Crippen molar-refractivity contribution in [2.45, 2.75) is 33.2 Å². The number of unbranched alkanes of at least 4 members (excludes halogenated alkanes) is 1. The fraction of sp³-hybridized carbons (Fsp3) is 0.625. The largest absolute Gasteiger partial charge is 0.493 e. The van der Waals surface area contributed by atoms with Gasteiger partial charge in [0.15, 0.2) is 11.5 Å². The van der Waals surface area contributed by atoms with Crippen LogP contribution in [0.4, 0.5) is 0 Å². The maximum atomic E-state index is 8.81. The predicted molar refractivity (Wildman–Crippen MR) is 80.9 cm³/mol. The van der Waals surface area contributed by atoms with Crippen molar-refractivity contribution in [2.75, 3.05) is 26.6 Å². The number of fused-ring (bicyclic) bond motifs is 1. The number of ether oxygens (including phenoxy) is 3. The van der Waals surface area contributed by atoms with Crippen molar-refractivity contribution in [3.8, 4) is 17.2 Å². The van der Waals surface area contributed by atoms with E-state index in [1.807, 2.05) is 12.1 Å². The Labute approximate surface area is 126 Å². The average molecular weight is 295 g/mol. The van der Waals surface area contributed by atoms with Gasteiger partial charge >= 0.3 is 0 Å². The molecule has 0 amide bonds. The van der Waals surface area contributed by atoms with Gasteiger partial charge in [0.2, 0.25) is 6.79 Å². The smallest absolute Gasteiger partial charge is 0.231 e. The van der Waals surface area contributed by atoms with Gasteiger partial charge in [0, 0.05) is 24.8 Å². The van der Waals surface area contributed by atoms with E-state index >= 15 is 0 Å². The molecule has 2 N–H and O–H groups in total. The molecule has 5 nitrogen and oxygen atoms in total. The Bertz CT molecular complexity index is 448. The second kappa shape index (κ2) is 8.10. The highest BCUT2D eigenvalue weighted by atomic mass is 16.7. The van der Waals surface area contributed by atoms with Crippen LogP contribution in [0.15, 0.2) is 12.1 Å². The molecule has 1 aliphatic heterocycles. The number of hydrogen-bond donors (Lipinski definition) is 2. The van der Waals surface area contributed by atoms with Gasteiger partial charge in [-0.3, -0.25) is 0 Å². The zero-order valence-electron chi connectivity index (χ0n) is 12.9. The molecule has 0 atom stereocenters. The summed E-state index contributed by atoms with van der Waals surface area (Å²) >= 11 is 0. The van der Waals surface area contributed by atoms with Gasteiger partial charge in [0.1, 0.15) is 5.75 Å². The molecule has 1 heterocycles. The molecular weight excluding hydrogens is 270 g/mol. The highest BCUT2D eigenvalue weighted by molar-refractivity contribution is 5.51. The summed E-state index contributed by atoms with van der Waals surface area (Å²) in [5.74, 6) is 2.94. The Morgan fingerprint density at radius 2 is 2.00 bits per heavy atom. The number of aliphatic hydroxyl groups excluding tert-OH is 1. The van der Waals surface area contributed by atoms with E-state index in [-0.39, 0.29) is 13.4 Å². The van der Waals surface area contributed by atoms with Crippen LogP contribution in [0.2, 0.25) is 0 Å². The number of hydrogen-bond acceptors (Lipinski definition) is 5. The van der Waals surface area contributed by atoms with Crippen LogP contribution < -0.4 is 19.5 Å². The van der Waals surface area contributed by atoms with Crippen LogP contribution in [0.5, 0.6) is 17.2 Å². The molecule has 0 fully saturated rings. The maximum absolute atomic E-state index is 8.81. The van der Waals surface area contributed by atoms with E-state index in [2.05, 4.69) is 19.2 Å². The second-order valence-electron chi connectivity index (χ2n) is 5.62. The topological polar surface area (TPSA) is 60.0 Å². The lowest BCUT2D eigenvalue weighted by molar-refractivity contribution is 0.173. The molecular formula is C16H25NO4. The van der Waals surface area contributed by atoms with Crippen LogP contribution in [-0.2, 0) is 6.54 Å². The van der Waals surface area contributed by atoms with Crippen molar-refractivity contribution in [1.29, 1.82) is 0 Å². The average Bonchev–Trinajstić information content (AvgIpc) is 2.90. The minimum absolute atomic E-state index is 0.202. The number of rotatable bonds is 9. The summed E-state index contributed by atoms with van der Waals surface area (Å²) in [5.41, 5.74) is 1.07. The summed E-state index contributed by atoms with van der Waals surface area (Å²) in [7, 11) is 0. The summed E-state index contributed by atoms with van der Waals surface area (Å²) in [6.45, 7) is 7.12. The summed E-state index contributed by atoms with van der Waals surface area (Å²) < 4.78 is 16.7. The summed E-state index contributed by atoms with van der Waals surface area (Å²) in [4.78, 5) is 0. The van der Waals surface area contributed by atoms with Gasteiger partial charge in [-0.05, 0) is 31.4 Å². The number of aliphatic hydroxyl groups is 1. The van der Waals surface area contributed by atoms with Crippen molar-refractivity contribution < 1.29 is 19.3 Å². The lowest BCUT2D eigenvalue weighted by Gasteiger charge is -2.14. The molecule has 0 aromatic heterocycles. The van der Waals surface area contributed by atoms with Gasteiger partial charge in [-0.25, -0.2) is 0 Å². The van der Waals surface area contributed by atoms with Gasteiger partial charge in [0.05, 0.1) is 6.61 Å². The van der Waals surface area contributed by atoms with Crippen LogP contribution in [-0.4, -0.2) is 31.7 Å². The van der Waals surface area contributed by atoms with E-state index in [9.17, 15) is 0 Å². The van der Waals surface area contributed by atoms with Crippen molar-refractivity contribution in [1.82, 2.24) is 5.32 Å². The molecule has 1 aromatic carbocycles. The SMILES string of the molecule is CC(C)CNCc1cc2c(cc1OCCCCO)OCO2. The van der Waals surface area contributed by atoms with E-state index in [0.717, 1.165) is 48.7 Å². The van der Waals surface area contributed by atoms with Crippen LogP contribution in [0.1, 0.15) is 32.3 Å². The van der Waals surface area contributed by atoms with Crippen LogP contribution >= 0.6 is 0 Å². The van der Waals surface area contributed by atoms with Crippen LogP contribution in [0, 0.1) is 5.92 Å². The second-order valence-corrected chi connectivity index (χ2v) is 5.62. The fourth-order valence-electron chi connectivity index (χ4n) is 2.13. The molecule has 0 spiro atoms. The first kappa shape index (κ1) is 15.9.